The van der Waals surface area contributed by atoms with Crippen molar-refractivity contribution in [2.75, 3.05) is 0 Å². The zero-order chi connectivity index (χ0) is 11.6. The average molecular weight is 256 g/mol. The fourth-order valence-corrected chi connectivity index (χ4v) is 1.05. The molecule has 0 bridgehead atoms. The van der Waals surface area contributed by atoms with Crippen LogP contribution in [-0.2, 0) is 0 Å². The largest absolute Gasteiger partial charge is 0.478 e. The summed E-state index contributed by atoms with van der Waals surface area (Å²) in [6, 6.07) is 2.33. The quantitative estimate of drug-likeness (QED) is 0.853. The Morgan fingerprint density at radius 3 is 2.38 bits per heavy atom. The van der Waals surface area contributed by atoms with Gasteiger partial charge in [0.15, 0.2) is 0 Å². The molecule has 0 aliphatic heterocycles. The van der Waals surface area contributed by atoms with Crippen LogP contribution < -0.4 is 5.73 Å². The molecule has 1 atom stereocenters. The number of hydrogen-bond acceptors (Lipinski definition) is 2. The van der Waals surface area contributed by atoms with Crippen molar-refractivity contribution in [3.05, 3.63) is 35.4 Å². The molecule has 3 N–H and O–H groups in total. The van der Waals surface area contributed by atoms with E-state index in [1.54, 1.807) is 0 Å². The van der Waals surface area contributed by atoms with Gasteiger partial charge in [-0.3, -0.25) is 0 Å². The standard InChI is InChI=1S/C9H8F3NO2.ClH/c10-9(11,12)7(13)5-2-1-3-6(4-5)8(14)15;/h1-4,7H,13H2,(H,14,15);1H/t7-;/m1./s1. The van der Waals surface area contributed by atoms with Crippen LogP contribution in [0.15, 0.2) is 24.3 Å². The summed E-state index contributed by atoms with van der Waals surface area (Å²) in [5.41, 5.74) is 4.45. The first-order chi connectivity index (χ1) is 6.82. The number of aromatic carboxylic acids is 1. The van der Waals surface area contributed by atoms with Gasteiger partial charge in [0, 0.05) is 0 Å². The van der Waals surface area contributed by atoms with Crippen molar-refractivity contribution in [1.29, 1.82) is 0 Å². The Morgan fingerprint density at radius 2 is 1.94 bits per heavy atom. The van der Waals surface area contributed by atoms with Crippen molar-refractivity contribution < 1.29 is 23.1 Å². The minimum Gasteiger partial charge on any atom is -0.478 e. The van der Waals surface area contributed by atoms with Crippen LogP contribution in [0.5, 0.6) is 0 Å². The van der Waals surface area contributed by atoms with E-state index in [9.17, 15) is 18.0 Å². The summed E-state index contributed by atoms with van der Waals surface area (Å²) in [5.74, 6) is -1.29. The van der Waals surface area contributed by atoms with E-state index in [0.717, 1.165) is 12.1 Å². The zero-order valence-corrected chi connectivity index (χ0v) is 8.68. The number of carbonyl (C=O) groups is 1. The minimum absolute atomic E-state index is 0. The first-order valence-corrected chi connectivity index (χ1v) is 3.98. The van der Waals surface area contributed by atoms with Crippen molar-refractivity contribution >= 4 is 18.4 Å². The van der Waals surface area contributed by atoms with Crippen LogP contribution in [0.3, 0.4) is 0 Å². The molecule has 0 radical (unpaired) electrons. The first kappa shape index (κ1) is 14.7. The molecule has 0 aliphatic carbocycles. The maximum absolute atomic E-state index is 12.2. The third-order valence-corrected chi connectivity index (χ3v) is 1.85. The first-order valence-electron chi connectivity index (χ1n) is 3.98. The molecule has 0 amide bonds. The van der Waals surface area contributed by atoms with Gasteiger partial charge in [-0.05, 0) is 17.7 Å². The van der Waals surface area contributed by atoms with Crippen LogP contribution in [0.2, 0.25) is 0 Å². The van der Waals surface area contributed by atoms with Gasteiger partial charge in [0.1, 0.15) is 6.04 Å². The van der Waals surface area contributed by atoms with E-state index >= 15 is 0 Å². The highest BCUT2D eigenvalue weighted by molar-refractivity contribution is 5.87. The van der Waals surface area contributed by atoms with Crippen molar-refractivity contribution in [2.24, 2.45) is 5.73 Å². The molecule has 3 nitrogen and oxygen atoms in total. The monoisotopic (exact) mass is 255 g/mol. The second-order valence-corrected chi connectivity index (χ2v) is 2.95. The van der Waals surface area contributed by atoms with E-state index in [0.29, 0.717) is 0 Å². The van der Waals surface area contributed by atoms with Crippen LogP contribution in [0.4, 0.5) is 13.2 Å². The zero-order valence-electron chi connectivity index (χ0n) is 7.86. The Labute approximate surface area is 95.5 Å². The maximum atomic E-state index is 12.2. The fourth-order valence-electron chi connectivity index (χ4n) is 1.05. The molecule has 1 aromatic rings. The van der Waals surface area contributed by atoms with Gasteiger partial charge >= 0.3 is 12.1 Å². The lowest BCUT2D eigenvalue weighted by Crippen LogP contribution is -2.28. The summed E-state index contributed by atoms with van der Waals surface area (Å²) in [5, 5.41) is 8.57. The van der Waals surface area contributed by atoms with Gasteiger partial charge in [-0.25, -0.2) is 4.79 Å². The van der Waals surface area contributed by atoms with Gasteiger partial charge in [0.2, 0.25) is 0 Å². The number of halogens is 4. The summed E-state index contributed by atoms with van der Waals surface area (Å²) in [6.07, 6.45) is -4.57. The molecule has 90 valence electrons. The second-order valence-electron chi connectivity index (χ2n) is 2.95. The van der Waals surface area contributed by atoms with E-state index in [2.05, 4.69) is 0 Å². The van der Waals surface area contributed by atoms with Crippen LogP contribution in [0, 0.1) is 0 Å². The summed E-state index contributed by atoms with van der Waals surface area (Å²) in [7, 11) is 0. The molecular weight excluding hydrogens is 247 g/mol. The lowest BCUT2D eigenvalue weighted by atomic mass is 10.0. The third kappa shape index (κ3) is 3.39. The molecule has 0 fully saturated rings. The molecular formula is C9H9ClF3NO2. The number of hydrogen-bond donors (Lipinski definition) is 2. The van der Waals surface area contributed by atoms with Gasteiger partial charge in [-0.2, -0.15) is 13.2 Å². The number of carboxylic acid groups (broad SMARTS) is 1. The second kappa shape index (κ2) is 5.18. The smallest absolute Gasteiger partial charge is 0.407 e. The highest BCUT2D eigenvalue weighted by Crippen LogP contribution is 2.30. The van der Waals surface area contributed by atoms with Crippen molar-refractivity contribution in [2.45, 2.75) is 12.2 Å². The summed E-state index contributed by atoms with van der Waals surface area (Å²) in [4.78, 5) is 10.5. The fraction of sp³-hybridized carbons (Fsp3) is 0.222. The molecule has 0 unspecified atom stereocenters. The van der Waals surface area contributed by atoms with Gasteiger partial charge in [0.25, 0.3) is 0 Å². The van der Waals surface area contributed by atoms with Crippen LogP contribution in [0.1, 0.15) is 22.0 Å². The van der Waals surface area contributed by atoms with E-state index in [1.807, 2.05) is 0 Å². The molecule has 0 heterocycles. The molecule has 7 heteroatoms. The lowest BCUT2D eigenvalue weighted by molar-refractivity contribution is -0.149. The Bertz CT molecular complexity index is 381. The van der Waals surface area contributed by atoms with E-state index in [1.165, 1.54) is 12.1 Å². The number of nitrogens with two attached hydrogens (primary N) is 1. The van der Waals surface area contributed by atoms with Crippen molar-refractivity contribution in [3.63, 3.8) is 0 Å². The van der Waals surface area contributed by atoms with Crippen LogP contribution in [-0.4, -0.2) is 17.3 Å². The summed E-state index contributed by atoms with van der Waals surface area (Å²) >= 11 is 0. The predicted molar refractivity (Wildman–Crippen MR) is 53.6 cm³/mol. The molecule has 16 heavy (non-hydrogen) atoms. The van der Waals surface area contributed by atoms with E-state index < -0.39 is 18.2 Å². The number of rotatable bonds is 2. The number of carboxylic acids is 1. The summed E-state index contributed by atoms with van der Waals surface area (Å²) in [6.45, 7) is 0. The van der Waals surface area contributed by atoms with Crippen LogP contribution in [0.25, 0.3) is 0 Å². The molecule has 0 saturated heterocycles. The lowest BCUT2D eigenvalue weighted by Gasteiger charge is -2.15. The van der Waals surface area contributed by atoms with E-state index in [4.69, 9.17) is 10.8 Å². The topological polar surface area (TPSA) is 63.3 Å². The Morgan fingerprint density at radius 1 is 1.38 bits per heavy atom. The molecule has 1 aromatic carbocycles. The molecule has 0 aliphatic rings. The number of alkyl halides is 3. The molecule has 0 saturated carbocycles. The third-order valence-electron chi connectivity index (χ3n) is 1.85. The van der Waals surface area contributed by atoms with Gasteiger partial charge in [0.05, 0.1) is 5.56 Å². The molecule has 0 spiro atoms. The minimum atomic E-state index is -4.57. The van der Waals surface area contributed by atoms with Gasteiger partial charge < -0.3 is 10.8 Å². The van der Waals surface area contributed by atoms with Crippen molar-refractivity contribution in [3.8, 4) is 0 Å². The average Bonchev–Trinajstić information content (AvgIpc) is 2.15. The molecule has 1 rings (SSSR count). The maximum Gasteiger partial charge on any atom is 0.407 e. The molecule has 0 aromatic heterocycles. The SMILES string of the molecule is Cl.N[C@H](c1cccc(C(=O)O)c1)C(F)(F)F. The van der Waals surface area contributed by atoms with Gasteiger partial charge in [-0.15, -0.1) is 12.4 Å². The highest BCUT2D eigenvalue weighted by atomic mass is 35.5. The van der Waals surface area contributed by atoms with Crippen molar-refractivity contribution in [1.82, 2.24) is 0 Å². The normalized spacial score (nSPS) is 12.8. The Hall–Kier alpha value is -1.27. The highest BCUT2D eigenvalue weighted by Gasteiger charge is 2.37. The number of benzene rings is 1. The summed E-state index contributed by atoms with van der Waals surface area (Å²) < 4.78 is 36.6. The Kier molecular flexibility index (Phi) is 4.77. The van der Waals surface area contributed by atoms with Gasteiger partial charge in [-0.1, -0.05) is 12.1 Å². The van der Waals surface area contributed by atoms with E-state index in [-0.39, 0.29) is 23.5 Å². The van der Waals surface area contributed by atoms with Crippen LogP contribution >= 0.6 is 12.4 Å². The Balaban J connectivity index is 0.00000225. The predicted octanol–water partition coefficient (Wildman–Crippen LogP) is 2.37.